The first-order valence-electron chi connectivity index (χ1n) is 16.1. The number of hydrogen-bond acceptors (Lipinski definition) is 7. The summed E-state index contributed by atoms with van der Waals surface area (Å²) in [5.74, 6) is -0.256. The maximum Gasteiger partial charge on any atom is 0.273 e. The summed E-state index contributed by atoms with van der Waals surface area (Å²) in [7, 11) is 0. The predicted molar refractivity (Wildman–Crippen MR) is 183 cm³/mol. The highest BCUT2D eigenvalue weighted by atomic mass is 79.9. The molecule has 4 atom stereocenters. The van der Waals surface area contributed by atoms with Gasteiger partial charge in [-0.2, -0.15) is 0 Å². The summed E-state index contributed by atoms with van der Waals surface area (Å²) in [5.41, 5.74) is 4.77. The highest BCUT2D eigenvalue weighted by Gasteiger charge is 2.61. The molecule has 11 heteroatoms. The molecule has 2 amide bonds. The number of amides is 2. The number of H-pyrrole nitrogens is 1. The summed E-state index contributed by atoms with van der Waals surface area (Å²) in [4.78, 5) is 49.3. The average molecular weight is 709 g/mol. The van der Waals surface area contributed by atoms with Crippen LogP contribution in [0.4, 0.5) is 5.69 Å². The molecule has 0 saturated heterocycles. The minimum absolute atomic E-state index is 0.0289. The van der Waals surface area contributed by atoms with Crippen LogP contribution >= 0.6 is 15.9 Å². The van der Waals surface area contributed by atoms with Crippen molar-refractivity contribution in [3.63, 3.8) is 0 Å². The van der Waals surface area contributed by atoms with Gasteiger partial charge >= 0.3 is 0 Å². The standard InChI is InChI=1S/C37H34BrN5O5/c1-17(2)28-35-42-31(34(46)40-16-26(44)22-15-39-29-18(3)7-5-8-21(22)29)32(48-35)37-23-9-6-10-25(38)30(23)43-36(37)47-27-12-11-20(14-24(27)37)13-19(4)33(45)41-28/h5-12,14-15,17,19,28,36,39,43H,13,16H2,1-4H3,(H,40,46)(H,41,45)/t19-,28-,36?,37-/m0/s1. The van der Waals surface area contributed by atoms with Gasteiger partial charge < -0.3 is 30.1 Å². The van der Waals surface area contributed by atoms with E-state index < -0.39 is 23.6 Å². The predicted octanol–water partition coefficient (Wildman–Crippen LogP) is 6.32. The molecule has 0 saturated carbocycles. The van der Waals surface area contributed by atoms with Crippen molar-refractivity contribution < 1.29 is 23.5 Å². The first-order valence-corrected chi connectivity index (χ1v) is 16.9. The van der Waals surface area contributed by atoms with Crippen molar-refractivity contribution in [2.75, 3.05) is 11.9 Å². The summed E-state index contributed by atoms with van der Waals surface area (Å²) in [6, 6.07) is 17.0. The van der Waals surface area contributed by atoms with Gasteiger partial charge in [0.15, 0.2) is 23.5 Å². The van der Waals surface area contributed by atoms with Crippen LogP contribution in [0.15, 0.2) is 69.7 Å². The number of aromatic amines is 1. The van der Waals surface area contributed by atoms with E-state index in [1.54, 1.807) is 6.20 Å². The van der Waals surface area contributed by atoms with Crippen molar-refractivity contribution in [3.05, 3.63) is 110 Å². The van der Waals surface area contributed by atoms with E-state index in [-0.39, 0.29) is 47.4 Å². The molecule has 1 unspecified atom stereocenters. The summed E-state index contributed by atoms with van der Waals surface area (Å²) < 4.78 is 14.2. The SMILES string of the molecule is Cc1cccc2c(C(=O)CNC(=O)c3nc4oc3[C@]35c6cc(ccc6OC3Nc3c(Br)cccc35)C[C@H](C)C(=O)N[C@H]4C(C)C)c[nH]c12. The summed E-state index contributed by atoms with van der Waals surface area (Å²) in [6.45, 7) is 7.56. The number of carbonyl (C=O) groups excluding carboxylic acids is 3. The van der Waals surface area contributed by atoms with E-state index in [1.165, 1.54) is 0 Å². The molecule has 3 aromatic carbocycles. The monoisotopic (exact) mass is 707 g/mol. The molecule has 3 aliphatic heterocycles. The third kappa shape index (κ3) is 4.43. The maximum absolute atomic E-state index is 14.3. The van der Waals surface area contributed by atoms with Gasteiger partial charge in [0.05, 0.1) is 12.2 Å². The van der Waals surface area contributed by atoms with Crippen LogP contribution in [-0.4, -0.2) is 40.3 Å². The number of nitrogens with zero attached hydrogens (tertiary/aromatic N) is 1. The first kappa shape index (κ1) is 30.4. The number of nitrogens with one attached hydrogen (secondary N) is 4. The normalized spacial score (nSPS) is 22.2. The topological polar surface area (TPSA) is 138 Å². The van der Waals surface area contributed by atoms with Crippen molar-refractivity contribution in [1.82, 2.24) is 20.6 Å². The van der Waals surface area contributed by atoms with E-state index >= 15 is 0 Å². The van der Waals surface area contributed by atoms with Gasteiger partial charge in [-0.1, -0.05) is 63.2 Å². The lowest BCUT2D eigenvalue weighted by Crippen LogP contribution is -2.41. The molecule has 4 N–H and O–H groups in total. The molecule has 1 spiro atoms. The Bertz CT molecular complexity index is 2170. The Balaban J connectivity index is 1.29. The number of ether oxygens (including phenoxy) is 1. The molecule has 0 radical (unpaired) electrons. The number of hydrogen-bond donors (Lipinski definition) is 4. The number of aryl methyl sites for hydroxylation is 1. The average Bonchev–Trinajstić information content (AvgIpc) is 3.83. The van der Waals surface area contributed by atoms with E-state index in [4.69, 9.17) is 14.1 Å². The second kappa shape index (κ2) is 11.1. The number of para-hydroxylation sites is 2. The number of anilines is 1. The Morgan fingerprint density at radius 3 is 2.73 bits per heavy atom. The Labute approximate surface area is 285 Å². The van der Waals surface area contributed by atoms with Crippen LogP contribution in [0.1, 0.15) is 81.6 Å². The lowest BCUT2D eigenvalue weighted by Gasteiger charge is -2.28. The first-order chi connectivity index (χ1) is 23.1. The molecule has 244 valence electrons. The number of rotatable bonds is 5. The highest BCUT2D eigenvalue weighted by molar-refractivity contribution is 9.10. The fourth-order valence-electron chi connectivity index (χ4n) is 7.41. The second-order valence-corrected chi connectivity index (χ2v) is 14.2. The molecule has 8 rings (SSSR count). The van der Waals surface area contributed by atoms with Gasteiger partial charge in [-0.3, -0.25) is 14.4 Å². The summed E-state index contributed by atoms with van der Waals surface area (Å²) in [6.07, 6.45) is 1.53. The quantitative estimate of drug-likeness (QED) is 0.157. The molecule has 0 aliphatic carbocycles. The molecule has 5 heterocycles. The van der Waals surface area contributed by atoms with E-state index in [1.807, 2.05) is 82.3 Å². The molecule has 10 nitrogen and oxygen atoms in total. The minimum Gasteiger partial charge on any atom is -0.469 e. The number of ketones is 1. The van der Waals surface area contributed by atoms with Gasteiger partial charge in [0.1, 0.15) is 17.2 Å². The third-order valence-electron chi connectivity index (χ3n) is 9.89. The van der Waals surface area contributed by atoms with E-state index in [2.05, 4.69) is 36.9 Å². The molecule has 5 aromatic rings. The van der Waals surface area contributed by atoms with Crippen molar-refractivity contribution in [2.24, 2.45) is 11.8 Å². The molecule has 48 heavy (non-hydrogen) atoms. The fourth-order valence-corrected chi connectivity index (χ4v) is 7.89. The number of Topliss-reactive ketones (excluding diaryl/α,β-unsaturated/α-hetero) is 1. The van der Waals surface area contributed by atoms with Crippen LogP contribution in [0, 0.1) is 18.8 Å². The van der Waals surface area contributed by atoms with Gasteiger partial charge in [-0.25, -0.2) is 4.98 Å². The molecule has 4 bridgehead atoms. The minimum atomic E-state index is -1.10. The summed E-state index contributed by atoms with van der Waals surface area (Å²) in [5, 5.41) is 10.3. The Hall–Kier alpha value is -4.90. The Morgan fingerprint density at radius 1 is 1.10 bits per heavy atom. The molecule has 0 fully saturated rings. The zero-order valence-corrected chi connectivity index (χ0v) is 28.4. The number of carbonyl (C=O) groups is 3. The van der Waals surface area contributed by atoms with Gasteiger partial charge in [-0.05, 0) is 58.5 Å². The van der Waals surface area contributed by atoms with Gasteiger partial charge in [0.25, 0.3) is 5.91 Å². The number of halogens is 1. The van der Waals surface area contributed by atoms with Crippen molar-refractivity contribution in [3.8, 4) is 5.75 Å². The Morgan fingerprint density at radius 2 is 1.92 bits per heavy atom. The van der Waals surface area contributed by atoms with Crippen LogP contribution in [0.5, 0.6) is 5.75 Å². The molecule has 3 aliphatic rings. The van der Waals surface area contributed by atoms with Crippen LogP contribution in [0.3, 0.4) is 0 Å². The van der Waals surface area contributed by atoms with Crippen molar-refractivity contribution in [1.29, 1.82) is 0 Å². The lowest BCUT2D eigenvalue weighted by molar-refractivity contribution is -0.125. The number of fused-ring (bicyclic) bond motifs is 5. The highest BCUT2D eigenvalue weighted by Crippen LogP contribution is 2.59. The van der Waals surface area contributed by atoms with Crippen molar-refractivity contribution in [2.45, 2.75) is 51.8 Å². The second-order valence-electron chi connectivity index (χ2n) is 13.3. The molecular formula is C37H34BrN5O5. The fraction of sp³-hybridized carbons (Fsp3) is 0.297. The third-order valence-corrected chi connectivity index (χ3v) is 10.6. The summed E-state index contributed by atoms with van der Waals surface area (Å²) >= 11 is 3.70. The van der Waals surface area contributed by atoms with Gasteiger partial charge in [-0.15, -0.1) is 0 Å². The van der Waals surface area contributed by atoms with Crippen LogP contribution < -0.4 is 20.7 Å². The van der Waals surface area contributed by atoms with Crippen molar-refractivity contribution >= 4 is 50.1 Å². The number of aromatic nitrogens is 2. The van der Waals surface area contributed by atoms with Crippen LogP contribution in [-0.2, 0) is 16.6 Å². The zero-order chi connectivity index (χ0) is 33.5. The lowest BCUT2D eigenvalue weighted by atomic mass is 9.72. The van der Waals surface area contributed by atoms with Gasteiger partial charge in [0.2, 0.25) is 11.8 Å². The van der Waals surface area contributed by atoms with E-state index in [0.29, 0.717) is 17.7 Å². The smallest absolute Gasteiger partial charge is 0.273 e. The van der Waals surface area contributed by atoms with Crippen LogP contribution in [0.2, 0.25) is 0 Å². The Kier molecular flexibility index (Phi) is 7.03. The number of oxazole rings is 1. The van der Waals surface area contributed by atoms with E-state index in [0.717, 1.165) is 43.3 Å². The molecular weight excluding hydrogens is 674 g/mol. The number of benzene rings is 3. The largest absolute Gasteiger partial charge is 0.469 e. The molecule has 2 aromatic heterocycles. The van der Waals surface area contributed by atoms with Crippen LogP contribution in [0.25, 0.3) is 10.9 Å². The zero-order valence-electron chi connectivity index (χ0n) is 26.9. The van der Waals surface area contributed by atoms with E-state index in [9.17, 15) is 14.4 Å². The maximum atomic E-state index is 14.3. The van der Waals surface area contributed by atoms with Gasteiger partial charge in [0, 0.05) is 44.2 Å².